The number of aromatic nitrogens is 4. The summed E-state index contributed by atoms with van der Waals surface area (Å²) in [6, 6.07) is -5.43. The SMILES string of the molecule is FC(F)(F)C(F)(F)C(F)(F)C(F)(F)COc1cc(OCC(F)(F)C(F)(F)C(F)(F)C(F)(F)F)nc(-c2cc(-c3nc(OCC(F)(F)C(F)(F)C(F)(F)C(F)(F)F)cc(OCC(F)(F)C(F)(F)C(F)(F)C(F)(F)F)n3)cc(C(F)(F)C(F)(F)C(F)(F)C(F)(F)F)c2)n1. The molecule has 0 atom stereocenters. The number of rotatable bonds is 25. The molecule has 0 radical (unpaired) electrons. The summed E-state index contributed by atoms with van der Waals surface area (Å²) in [4.78, 5) is 9.97. The van der Waals surface area contributed by atoms with E-state index in [-0.39, 0.29) is 0 Å². The third-order valence-corrected chi connectivity index (χ3v) is 10.8. The van der Waals surface area contributed by atoms with Gasteiger partial charge in [0.2, 0.25) is 23.5 Å². The fraction of sp³-hybridized carbons (Fsp3) is 0.632. The van der Waals surface area contributed by atoms with Gasteiger partial charge in [0.15, 0.2) is 38.1 Å². The number of ether oxygens (including phenoxy) is 4. The first kappa shape index (κ1) is 78.7. The molecule has 0 aliphatic carbocycles. The maximum atomic E-state index is 15.8. The Morgan fingerprint density at radius 3 is 0.571 bits per heavy atom. The average Bonchev–Trinajstić information content (AvgIpc) is 0.763. The molecule has 2 heterocycles. The van der Waals surface area contributed by atoms with E-state index in [9.17, 15) is 189 Å². The molecule has 0 aliphatic rings. The second-order valence-corrected chi connectivity index (χ2v) is 17.3. The summed E-state index contributed by atoms with van der Waals surface area (Å²) in [6.45, 7) is -15.7. The lowest BCUT2D eigenvalue weighted by atomic mass is 9.93. The smallest absolute Gasteiger partial charge is 0.460 e. The van der Waals surface area contributed by atoms with Gasteiger partial charge < -0.3 is 18.9 Å². The predicted octanol–water partition coefficient (Wildman–Crippen LogP) is 16.9. The Morgan fingerprint density at radius 1 is 0.220 bits per heavy atom. The van der Waals surface area contributed by atoms with Crippen LogP contribution in [0.2, 0.25) is 0 Å². The van der Waals surface area contributed by atoms with Crippen LogP contribution >= 0.6 is 0 Å². The van der Waals surface area contributed by atoms with Crippen LogP contribution in [-0.4, -0.2) is 160 Å². The van der Waals surface area contributed by atoms with E-state index < -0.39 is 228 Å². The second kappa shape index (κ2) is 22.9. The van der Waals surface area contributed by atoms with Gasteiger partial charge in [-0.05, 0) is 18.2 Å². The Kier molecular flexibility index (Phi) is 19.8. The Labute approximate surface area is 465 Å². The fourth-order valence-electron chi connectivity index (χ4n) is 5.64. The first-order valence-corrected chi connectivity index (χ1v) is 21.1. The summed E-state index contributed by atoms with van der Waals surface area (Å²) in [7, 11) is 0. The zero-order valence-corrected chi connectivity index (χ0v) is 40.6. The highest BCUT2D eigenvalue weighted by Gasteiger charge is 2.86. The highest BCUT2D eigenvalue weighted by atomic mass is 19.5. The van der Waals surface area contributed by atoms with Crippen molar-refractivity contribution in [3.05, 3.63) is 35.9 Å². The van der Waals surface area contributed by atoms with Crippen LogP contribution in [0.3, 0.4) is 0 Å². The van der Waals surface area contributed by atoms with Crippen LogP contribution in [0.1, 0.15) is 5.56 Å². The summed E-state index contributed by atoms with van der Waals surface area (Å²) < 4.78 is 634. The molecule has 3 aromatic rings. The summed E-state index contributed by atoms with van der Waals surface area (Å²) in [5.74, 6) is -133. The van der Waals surface area contributed by atoms with Crippen LogP contribution in [0.4, 0.5) is 198 Å². The zero-order valence-electron chi connectivity index (χ0n) is 40.6. The molecule has 0 amide bonds. The van der Waals surface area contributed by atoms with Crippen LogP contribution in [0.25, 0.3) is 22.8 Å². The maximum absolute atomic E-state index is 15.8. The normalized spacial score (nSPS) is 15.5. The van der Waals surface area contributed by atoms with Gasteiger partial charge in [0, 0.05) is 16.7 Å². The summed E-state index contributed by atoms with van der Waals surface area (Å²) >= 11 is 0. The van der Waals surface area contributed by atoms with Crippen molar-refractivity contribution in [2.45, 2.75) is 120 Å². The molecule has 0 spiro atoms. The van der Waals surface area contributed by atoms with Gasteiger partial charge in [-0.1, -0.05) is 0 Å². The fourth-order valence-corrected chi connectivity index (χ4v) is 5.64. The molecule has 0 bridgehead atoms. The van der Waals surface area contributed by atoms with Crippen LogP contribution in [0, 0.1) is 0 Å². The molecule has 0 N–H and O–H groups in total. The van der Waals surface area contributed by atoms with Crippen molar-refractivity contribution < 1.29 is 217 Å². The number of benzene rings is 1. The first-order valence-electron chi connectivity index (χ1n) is 21.1. The molecule has 0 saturated carbocycles. The molecule has 1 aromatic carbocycles. The Balaban J connectivity index is 2.67. The van der Waals surface area contributed by atoms with Crippen molar-refractivity contribution in [1.29, 1.82) is 0 Å². The number of hydrogen-bond acceptors (Lipinski definition) is 8. The summed E-state index contributed by atoms with van der Waals surface area (Å²) in [5, 5.41) is 0. The van der Waals surface area contributed by atoms with Gasteiger partial charge in [0.05, 0.1) is 12.1 Å². The molecule has 53 heteroatoms. The van der Waals surface area contributed by atoms with Crippen LogP contribution < -0.4 is 18.9 Å². The first-order chi connectivity index (χ1) is 39.6. The molecule has 0 fully saturated rings. The number of nitrogens with zero attached hydrogens (tertiary/aromatic N) is 4. The molecular weight excluding hydrogens is 1430 g/mol. The quantitative estimate of drug-likeness (QED) is 0.0776. The Hall–Kier alpha value is -6.57. The number of hydrogen-bond donors (Lipinski definition) is 0. The van der Waals surface area contributed by atoms with E-state index in [1.165, 1.54) is 0 Å². The van der Waals surface area contributed by atoms with Crippen LogP contribution in [-0.2, 0) is 5.92 Å². The molecule has 91 heavy (non-hydrogen) atoms. The monoisotopic (exact) mass is 1440 g/mol. The number of halogens is 45. The minimum atomic E-state index is -8.25. The highest BCUT2D eigenvalue weighted by Crippen LogP contribution is 2.60. The van der Waals surface area contributed by atoms with Crippen molar-refractivity contribution in [3.63, 3.8) is 0 Å². The van der Waals surface area contributed by atoms with E-state index in [4.69, 9.17) is 0 Å². The van der Waals surface area contributed by atoms with Gasteiger partial charge >= 0.3 is 120 Å². The molecule has 3 rings (SSSR count). The Morgan fingerprint density at radius 2 is 0.396 bits per heavy atom. The van der Waals surface area contributed by atoms with E-state index >= 15 is 8.78 Å². The average molecular weight is 1440 g/mol. The van der Waals surface area contributed by atoms with Gasteiger partial charge in [-0.2, -0.15) is 218 Å². The van der Waals surface area contributed by atoms with Crippen LogP contribution in [0.15, 0.2) is 30.3 Å². The molecule has 0 aliphatic heterocycles. The lowest BCUT2D eigenvalue weighted by Crippen LogP contribution is -2.62. The molecule has 524 valence electrons. The van der Waals surface area contributed by atoms with Gasteiger partial charge in [-0.3, -0.25) is 0 Å². The molecule has 8 nitrogen and oxygen atoms in total. The topological polar surface area (TPSA) is 88.5 Å². The van der Waals surface area contributed by atoms with Crippen molar-refractivity contribution in [2.75, 3.05) is 26.4 Å². The molecule has 0 saturated heterocycles. The van der Waals surface area contributed by atoms with Gasteiger partial charge in [0.25, 0.3) is 0 Å². The lowest BCUT2D eigenvalue weighted by Gasteiger charge is -2.34. The van der Waals surface area contributed by atoms with Crippen LogP contribution in [0.5, 0.6) is 23.5 Å². The minimum absolute atomic E-state index is 0.802. The van der Waals surface area contributed by atoms with Crippen molar-refractivity contribution in [2.24, 2.45) is 0 Å². The largest absolute Gasteiger partial charge is 0.471 e. The van der Waals surface area contributed by atoms with E-state index in [0.717, 1.165) is 0 Å². The van der Waals surface area contributed by atoms with Crippen molar-refractivity contribution >= 4 is 0 Å². The molecule has 2 aromatic heterocycles. The van der Waals surface area contributed by atoms with E-state index in [1.807, 2.05) is 0 Å². The van der Waals surface area contributed by atoms with E-state index in [1.54, 1.807) is 0 Å². The maximum Gasteiger partial charge on any atom is 0.460 e. The van der Waals surface area contributed by atoms with E-state index in [0.29, 0.717) is 0 Å². The van der Waals surface area contributed by atoms with Gasteiger partial charge in [0.1, 0.15) is 0 Å². The van der Waals surface area contributed by atoms with Gasteiger partial charge in [-0.25, -0.2) is 0 Å². The number of alkyl halides is 45. The molecule has 0 unspecified atom stereocenters. The summed E-state index contributed by atoms with van der Waals surface area (Å²) in [5.41, 5.74) is -8.71. The zero-order chi connectivity index (χ0) is 72.2. The standard InChI is InChI=1S/C38H13F45N4O4/c39-19(40,24(49,50)29(59,60)34(69,70)71)6-88-13-4-14(89-7-20(41,42)25(51,52)30(61,62)35(72,73)74)85-17(84-13)10-1-11(3-12(2-10)23(47,48)28(57,58)33(67,68)38(81,82)83)18-86-15(90-8-21(43,44)26(53,54)31(63,64)36(75,76)77)5-16(87-18)91-9-22(45,46)27(55,56)32(65,66)37(78,79)80/h1-5H,6-9H2. The molecular formula is C38H13F45N4O4. The van der Waals surface area contributed by atoms with E-state index in [2.05, 4.69) is 38.9 Å². The minimum Gasteiger partial charge on any atom is -0.471 e. The van der Waals surface area contributed by atoms with Crippen molar-refractivity contribution in [1.82, 2.24) is 19.9 Å². The second-order valence-electron chi connectivity index (χ2n) is 17.3. The highest BCUT2D eigenvalue weighted by molar-refractivity contribution is 5.69. The summed E-state index contributed by atoms with van der Waals surface area (Å²) in [6.07, 6.45) is -39.1. The Bertz CT molecular complexity index is 2750. The third kappa shape index (κ3) is 13.5. The lowest BCUT2D eigenvalue weighted by molar-refractivity contribution is -0.399. The predicted molar refractivity (Wildman–Crippen MR) is 194 cm³/mol. The van der Waals surface area contributed by atoms with Crippen molar-refractivity contribution in [3.8, 4) is 46.3 Å². The third-order valence-electron chi connectivity index (χ3n) is 10.8. The van der Waals surface area contributed by atoms with Gasteiger partial charge in [-0.15, -0.1) is 0 Å².